The van der Waals surface area contributed by atoms with Gasteiger partial charge in [-0.1, -0.05) is 0 Å². The summed E-state index contributed by atoms with van der Waals surface area (Å²) in [4.78, 5) is 11.4. The molecule has 0 saturated carbocycles. The third-order valence-electron chi connectivity index (χ3n) is 2.38. The Morgan fingerprint density at radius 1 is 1.21 bits per heavy atom. The van der Waals surface area contributed by atoms with E-state index in [1.54, 1.807) is 18.2 Å². The number of aromatic carboxylic acids is 1. The van der Waals surface area contributed by atoms with E-state index in [1.165, 1.54) is 36.2 Å². The van der Waals surface area contributed by atoms with Crippen LogP contribution in [0.4, 0.5) is 15.8 Å². The van der Waals surface area contributed by atoms with Gasteiger partial charge in [0.25, 0.3) is 0 Å². The maximum Gasteiger partial charge on any atom is 0.335 e. The number of carbonyl (C=O) groups is 1. The third-order valence-corrected chi connectivity index (χ3v) is 3.31. The average Bonchev–Trinajstić information content (AvgIpc) is 2.38. The molecule has 0 bridgehead atoms. The zero-order valence-electron chi connectivity index (χ0n) is 9.76. The van der Waals surface area contributed by atoms with Crippen LogP contribution in [0.1, 0.15) is 10.4 Å². The van der Waals surface area contributed by atoms with Gasteiger partial charge in [0, 0.05) is 11.4 Å². The maximum absolute atomic E-state index is 12.9. The van der Waals surface area contributed by atoms with E-state index in [-0.39, 0.29) is 11.4 Å². The quantitative estimate of drug-likeness (QED) is 0.591. The highest BCUT2D eigenvalue weighted by Gasteiger charge is 2.04. The van der Waals surface area contributed by atoms with E-state index in [2.05, 4.69) is 4.72 Å². The second-order valence-corrected chi connectivity index (χ2v) is 4.62. The van der Waals surface area contributed by atoms with Gasteiger partial charge in [0.1, 0.15) is 5.82 Å². The number of nitrogens with one attached hydrogen (secondary N) is 1. The first-order valence-electron chi connectivity index (χ1n) is 5.37. The molecule has 19 heavy (non-hydrogen) atoms. The molecule has 0 atom stereocenters. The standard InChI is InChI=1S/C13H11FN2O2S/c14-9-3-6-12(11(15)7-9)19-16-10-4-1-8(2-5-10)13(17)18/h1-7,16H,15H2,(H,17,18). The molecule has 2 aromatic rings. The number of nitrogens with two attached hydrogens (primary N) is 1. The van der Waals surface area contributed by atoms with Crippen LogP contribution in [0, 0.1) is 5.82 Å². The summed E-state index contributed by atoms with van der Waals surface area (Å²) in [6.45, 7) is 0. The average molecular weight is 278 g/mol. The van der Waals surface area contributed by atoms with Gasteiger partial charge in [-0.2, -0.15) is 0 Å². The largest absolute Gasteiger partial charge is 0.478 e. The molecule has 6 heteroatoms. The summed E-state index contributed by atoms with van der Waals surface area (Å²) in [7, 11) is 0. The zero-order chi connectivity index (χ0) is 13.8. The summed E-state index contributed by atoms with van der Waals surface area (Å²) in [5.74, 6) is -1.35. The number of rotatable bonds is 4. The monoisotopic (exact) mass is 278 g/mol. The summed E-state index contributed by atoms with van der Waals surface area (Å²) in [6, 6.07) is 10.4. The fraction of sp³-hybridized carbons (Fsp3) is 0. The molecule has 98 valence electrons. The molecule has 0 heterocycles. The Balaban J connectivity index is 2.04. The first-order chi connectivity index (χ1) is 9.06. The minimum atomic E-state index is -0.970. The van der Waals surface area contributed by atoms with E-state index in [1.807, 2.05) is 0 Å². The van der Waals surface area contributed by atoms with Crippen molar-refractivity contribution >= 4 is 29.3 Å². The Labute approximate surface area is 113 Å². The first kappa shape index (κ1) is 13.2. The van der Waals surface area contributed by atoms with Crippen molar-refractivity contribution in [2.75, 3.05) is 10.5 Å². The van der Waals surface area contributed by atoms with Gasteiger partial charge in [0.15, 0.2) is 0 Å². The number of benzene rings is 2. The SMILES string of the molecule is Nc1cc(F)ccc1SNc1ccc(C(=O)O)cc1. The van der Waals surface area contributed by atoms with Crippen LogP contribution in [0.25, 0.3) is 0 Å². The number of carboxylic acids is 1. The molecule has 0 aromatic heterocycles. The van der Waals surface area contributed by atoms with Crippen molar-refractivity contribution in [3.05, 3.63) is 53.8 Å². The van der Waals surface area contributed by atoms with Gasteiger partial charge in [0.05, 0.1) is 10.5 Å². The first-order valence-corrected chi connectivity index (χ1v) is 6.19. The highest BCUT2D eigenvalue weighted by Crippen LogP contribution is 2.27. The van der Waals surface area contributed by atoms with E-state index in [0.29, 0.717) is 10.6 Å². The van der Waals surface area contributed by atoms with Crippen molar-refractivity contribution in [1.29, 1.82) is 0 Å². The van der Waals surface area contributed by atoms with Crippen LogP contribution in [0.15, 0.2) is 47.4 Å². The Morgan fingerprint density at radius 2 is 1.89 bits per heavy atom. The van der Waals surface area contributed by atoms with Crippen molar-refractivity contribution in [3.63, 3.8) is 0 Å². The fourth-order valence-electron chi connectivity index (χ4n) is 1.41. The summed E-state index contributed by atoms with van der Waals surface area (Å²) in [6.07, 6.45) is 0. The van der Waals surface area contributed by atoms with Crippen LogP contribution in [0.5, 0.6) is 0 Å². The summed E-state index contributed by atoms with van der Waals surface area (Å²) < 4.78 is 15.9. The van der Waals surface area contributed by atoms with Crippen LogP contribution < -0.4 is 10.5 Å². The van der Waals surface area contributed by atoms with Crippen molar-refractivity contribution in [2.45, 2.75) is 4.90 Å². The predicted octanol–water partition coefficient (Wildman–Crippen LogP) is 3.23. The van der Waals surface area contributed by atoms with E-state index < -0.39 is 5.97 Å². The smallest absolute Gasteiger partial charge is 0.335 e. The zero-order valence-corrected chi connectivity index (χ0v) is 10.6. The lowest BCUT2D eigenvalue weighted by Crippen LogP contribution is -1.96. The number of halogens is 1. The lowest BCUT2D eigenvalue weighted by molar-refractivity contribution is 0.0697. The lowest BCUT2D eigenvalue weighted by Gasteiger charge is -2.08. The number of hydrogen-bond donors (Lipinski definition) is 3. The van der Waals surface area contributed by atoms with Crippen LogP contribution in [-0.2, 0) is 0 Å². The molecule has 2 aromatic carbocycles. The van der Waals surface area contributed by atoms with Crippen molar-refractivity contribution in [1.82, 2.24) is 0 Å². The molecule has 0 spiro atoms. The topological polar surface area (TPSA) is 75.3 Å². The molecule has 4 nitrogen and oxygen atoms in total. The molecule has 0 aliphatic carbocycles. The van der Waals surface area contributed by atoms with Gasteiger partial charge in [-0.05, 0) is 54.4 Å². The van der Waals surface area contributed by atoms with Gasteiger partial charge in [-0.15, -0.1) is 0 Å². The van der Waals surface area contributed by atoms with E-state index in [0.717, 1.165) is 5.69 Å². The van der Waals surface area contributed by atoms with Crippen molar-refractivity contribution in [3.8, 4) is 0 Å². The van der Waals surface area contributed by atoms with Gasteiger partial charge in [-0.25, -0.2) is 9.18 Å². The second-order valence-electron chi connectivity index (χ2n) is 3.77. The Morgan fingerprint density at radius 3 is 2.47 bits per heavy atom. The fourth-order valence-corrected chi connectivity index (χ4v) is 2.08. The van der Waals surface area contributed by atoms with Crippen molar-refractivity contribution < 1.29 is 14.3 Å². The van der Waals surface area contributed by atoms with Crippen LogP contribution >= 0.6 is 11.9 Å². The van der Waals surface area contributed by atoms with E-state index >= 15 is 0 Å². The molecule has 0 amide bonds. The summed E-state index contributed by atoms with van der Waals surface area (Å²) in [5.41, 5.74) is 6.97. The molecular formula is C13H11FN2O2S. The Hall–Kier alpha value is -2.21. The number of hydrogen-bond acceptors (Lipinski definition) is 4. The third kappa shape index (κ3) is 3.38. The van der Waals surface area contributed by atoms with Gasteiger partial charge < -0.3 is 15.6 Å². The van der Waals surface area contributed by atoms with Crippen LogP contribution in [-0.4, -0.2) is 11.1 Å². The summed E-state index contributed by atoms with van der Waals surface area (Å²) in [5, 5.41) is 8.77. The molecule has 0 aliphatic heterocycles. The van der Waals surface area contributed by atoms with Gasteiger partial charge >= 0.3 is 5.97 Å². The van der Waals surface area contributed by atoms with Gasteiger partial charge in [0.2, 0.25) is 0 Å². The van der Waals surface area contributed by atoms with E-state index in [9.17, 15) is 9.18 Å². The Bertz CT molecular complexity index is 602. The van der Waals surface area contributed by atoms with E-state index in [4.69, 9.17) is 10.8 Å². The van der Waals surface area contributed by atoms with Crippen molar-refractivity contribution in [2.24, 2.45) is 0 Å². The van der Waals surface area contributed by atoms with Crippen LogP contribution in [0.2, 0.25) is 0 Å². The molecular weight excluding hydrogens is 267 g/mol. The predicted molar refractivity (Wildman–Crippen MR) is 73.7 cm³/mol. The normalized spacial score (nSPS) is 10.2. The number of carboxylic acid groups (broad SMARTS) is 1. The molecule has 0 fully saturated rings. The minimum absolute atomic E-state index is 0.219. The molecule has 2 rings (SSSR count). The molecule has 0 unspecified atom stereocenters. The van der Waals surface area contributed by atoms with Gasteiger partial charge in [-0.3, -0.25) is 0 Å². The number of nitrogen functional groups attached to an aromatic ring is 1. The highest BCUT2D eigenvalue weighted by molar-refractivity contribution is 8.00. The lowest BCUT2D eigenvalue weighted by atomic mass is 10.2. The molecule has 0 radical (unpaired) electrons. The summed E-state index contributed by atoms with van der Waals surface area (Å²) >= 11 is 1.23. The molecule has 0 aliphatic rings. The maximum atomic E-state index is 12.9. The minimum Gasteiger partial charge on any atom is -0.478 e. The second kappa shape index (κ2) is 5.62. The number of anilines is 2. The van der Waals surface area contributed by atoms with Crippen LogP contribution in [0.3, 0.4) is 0 Å². The molecule has 4 N–H and O–H groups in total. The highest BCUT2D eigenvalue weighted by atomic mass is 32.2. The molecule has 0 saturated heterocycles. The Kier molecular flexibility index (Phi) is 3.91.